The number of hydrogen-bond acceptors (Lipinski definition) is 4. The van der Waals surface area contributed by atoms with E-state index in [1.165, 1.54) is 4.31 Å². The minimum Gasteiger partial charge on any atom is -0.481 e. The van der Waals surface area contributed by atoms with Crippen molar-refractivity contribution in [1.29, 1.82) is 5.26 Å². The fraction of sp³-hybridized carbons (Fsp3) is 0.867. The SMILES string of the molecule is C[C@@H]1[C@H](C(=O)O)CCCN1S(=O)(=O)CC1(C#N)CCCCC1. The molecule has 0 spiro atoms. The fourth-order valence-corrected chi connectivity index (χ4v) is 6.06. The number of carboxylic acid groups (broad SMARTS) is 1. The number of aliphatic carboxylic acids is 1. The molecule has 0 unspecified atom stereocenters. The van der Waals surface area contributed by atoms with E-state index >= 15 is 0 Å². The van der Waals surface area contributed by atoms with Crippen molar-refractivity contribution in [3.8, 4) is 6.07 Å². The maximum Gasteiger partial charge on any atom is 0.308 e. The van der Waals surface area contributed by atoms with Gasteiger partial charge in [-0.3, -0.25) is 4.79 Å². The lowest BCUT2D eigenvalue weighted by molar-refractivity contribution is -0.144. The average molecular weight is 328 g/mol. The second kappa shape index (κ2) is 6.55. The van der Waals surface area contributed by atoms with E-state index in [0.717, 1.165) is 19.3 Å². The molecular weight excluding hydrogens is 304 g/mol. The molecule has 0 aromatic heterocycles. The third-order valence-electron chi connectivity index (χ3n) is 5.11. The molecule has 0 amide bonds. The van der Waals surface area contributed by atoms with Gasteiger partial charge in [0.15, 0.2) is 0 Å². The summed E-state index contributed by atoms with van der Waals surface area (Å²) in [5.74, 6) is -1.78. The van der Waals surface area contributed by atoms with Crippen LogP contribution in [0.15, 0.2) is 0 Å². The predicted molar refractivity (Wildman–Crippen MR) is 81.4 cm³/mol. The van der Waals surface area contributed by atoms with Gasteiger partial charge in [-0.25, -0.2) is 8.42 Å². The molecule has 2 atom stereocenters. The number of carboxylic acids is 1. The van der Waals surface area contributed by atoms with Crippen LogP contribution in [0.1, 0.15) is 51.9 Å². The molecule has 2 rings (SSSR count). The van der Waals surface area contributed by atoms with Gasteiger partial charge in [-0.1, -0.05) is 19.3 Å². The fourth-order valence-electron chi connectivity index (χ4n) is 3.78. The summed E-state index contributed by atoms with van der Waals surface area (Å²) in [5.41, 5.74) is -0.799. The average Bonchev–Trinajstić information content (AvgIpc) is 2.47. The van der Waals surface area contributed by atoms with Crippen molar-refractivity contribution in [3.05, 3.63) is 0 Å². The van der Waals surface area contributed by atoms with Crippen molar-refractivity contribution >= 4 is 16.0 Å². The van der Waals surface area contributed by atoms with Gasteiger partial charge < -0.3 is 5.11 Å². The quantitative estimate of drug-likeness (QED) is 0.850. The van der Waals surface area contributed by atoms with Crippen LogP contribution in [0.25, 0.3) is 0 Å². The van der Waals surface area contributed by atoms with Gasteiger partial charge in [-0.15, -0.1) is 0 Å². The Hall–Kier alpha value is -1.13. The first kappa shape index (κ1) is 17.2. The zero-order valence-electron chi connectivity index (χ0n) is 13.0. The van der Waals surface area contributed by atoms with Crippen LogP contribution in [0, 0.1) is 22.7 Å². The van der Waals surface area contributed by atoms with Gasteiger partial charge >= 0.3 is 5.97 Å². The zero-order valence-corrected chi connectivity index (χ0v) is 13.8. The molecule has 0 bridgehead atoms. The number of nitriles is 1. The Morgan fingerprint density at radius 1 is 1.32 bits per heavy atom. The zero-order chi connectivity index (χ0) is 16.4. The van der Waals surface area contributed by atoms with Crippen molar-refractivity contribution in [2.75, 3.05) is 12.3 Å². The molecule has 124 valence electrons. The standard InChI is InChI=1S/C15H24N2O4S/c1-12-13(14(18)19)6-5-9-17(12)22(20,21)11-15(10-16)7-3-2-4-8-15/h12-13H,2-9,11H2,1H3,(H,18,19)/t12-,13-/m1/s1. The highest BCUT2D eigenvalue weighted by Gasteiger charge is 2.44. The number of piperidine rings is 1. The Kier molecular flexibility index (Phi) is 5.13. The summed E-state index contributed by atoms with van der Waals surface area (Å²) in [6, 6.07) is 1.69. The Labute approximate surface area is 132 Å². The van der Waals surface area contributed by atoms with E-state index < -0.39 is 33.4 Å². The van der Waals surface area contributed by atoms with Crippen LogP contribution in [-0.4, -0.2) is 42.1 Å². The Bertz CT molecular complexity index is 561. The number of nitrogens with zero attached hydrogens (tertiary/aromatic N) is 2. The Morgan fingerprint density at radius 2 is 1.95 bits per heavy atom. The Morgan fingerprint density at radius 3 is 2.50 bits per heavy atom. The van der Waals surface area contributed by atoms with E-state index in [1.54, 1.807) is 6.92 Å². The third kappa shape index (κ3) is 3.44. The third-order valence-corrected chi connectivity index (χ3v) is 7.26. The molecule has 22 heavy (non-hydrogen) atoms. The smallest absolute Gasteiger partial charge is 0.308 e. The molecule has 0 aromatic carbocycles. The summed E-state index contributed by atoms with van der Waals surface area (Å²) in [4.78, 5) is 11.3. The van der Waals surface area contributed by atoms with Crippen LogP contribution in [0.3, 0.4) is 0 Å². The summed E-state index contributed by atoms with van der Waals surface area (Å²) >= 11 is 0. The highest BCUT2D eigenvalue weighted by atomic mass is 32.2. The largest absolute Gasteiger partial charge is 0.481 e. The lowest BCUT2D eigenvalue weighted by Crippen LogP contribution is -2.51. The number of sulfonamides is 1. The van der Waals surface area contributed by atoms with Crippen molar-refractivity contribution in [2.45, 2.75) is 57.9 Å². The van der Waals surface area contributed by atoms with Crippen LogP contribution in [0.2, 0.25) is 0 Å². The van der Waals surface area contributed by atoms with Gasteiger partial charge in [-0.05, 0) is 32.6 Å². The maximum atomic E-state index is 12.8. The van der Waals surface area contributed by atoms with Crippen LogP contribution in [-0.2, 0) is 14.8 Å². The monoisotopic (exact) mass is 328 g/mol. The summed E-state index contributed by atoms with van der Waals surface area (Å²) in [5, 5.41) is 18.7. The normalized spacial score (nSPS) is 29.6. The molecule has 0 aromatic rings. The van der Waals surface area contributed by atoms with Crippen LogP contribution in [0.5, 0.6) is 0 Å². The van der Waals surface area contributed by atoms with E-state index in [2.05, 4.69) is 6.07 Å². The van der Waals surface area contributed by atoms with Crippen LogP contribution >= 0.6 is 0 Å². The summed E-state index contributed by atoms with van der Waals surface area (Å²) < 4.78 is 26.9. The molecule has 0 radical (unpaired) electrons. The van der Waals surface area contributed by atoms with Crippen LogP contribution in [0.4, 0.5) is 0 Å². The maximum absolute atomic E-state index is 12.8. The molecule has 1 saturated carbocycles. The van der Waals surface area contributed by atoms with Crippen molar-refractivity contribution in [3.63, 3.8) is 0 Å². The summed E-state index contributed by atoms with van der Waals surface area (Å²) in [7, 11) is -3.62. The first-order chi connectivity index (χ1) is 10.3. The first-order valence-electron chi connectivity index (χ1n) is 7.95. The van der Waals surface area contributed by atoms with E-state index in [-0.39, 0.29) is 5.75 Å². The van der Waals surface area contributed by atoms with Gasteiger partial charge in [0.25, 0.3) is 0 Å². The molecule has 1 saturated heterocycles. The molecular formula is C15H24N2O4S. The van der Waals surface area contributed by atoms with Gasteiger partial charge in [-0.2, -0.15) is 9.57 Å². The van der Waals surface area contributed by atoms with Crippen LogP contribution < -0.4 is 0 Å². The summed E-state index contributed by atoms with van der Waals surface area (Å²) in [6.07, 6.45) is 5.12. The van der Waals surface area contributed by atoms with Crippen molar-refractivity contribution < 1.29 is 18.3 Å². The van der Waals surface area contributed by atoms with Crippen molar-refractivity contribution in [2.24, 2.45) is 11.3 Å². The van der Waals surface area contributed by atoms with E-state index in [1.807, 2.05) is 0 Å². The highest BCUT2D eigenvalue weighted by Crippen LogP contribution is 2.38. The number of hydrogen-bond donors (Lipinski definition) is 1. The summed E-state index contributed by atoms with van der Waals surface area (Å²) in [6.45, 7) is 2.02. The lowest BCUT2D eigenvalue weighted by Gasteiger charge is -2.39. The molecule has 6 nitrogen and oxygen atoms in total. The van der Waals surface area contributed by atoms with Crippen molar-refractivity contribution in [1.82, 2.24) is 4.31 Å². The second-order valence-corrected chi connectivity index (χ2v) is 8.57. The highest BCUT2D eigenvalue weighted by molar-refractivity contribution is 7.89. The minimum absolute atomic E-state index is 0.173. The molecule has 1 aliphatic carbocycles. The van der Waals surface area contributed by atoms with Gasteiger partial charge in [0, 0.05) is 12.6 Å². The van der Waals surface area contributed by atoms with E-state index in [0.29, 0.717) is 32.2 Å². The van der Waals surface area contributed by atoms with E-state index in [9.17, 15) is 23.6 Å². The number of rotatable bonds is 4. The van der Waals surface area contributed by atoms with E-state index in [4.69, 9.17) is 0 Å². The second-order valence-electron chi connectivity index (χ2n) is 6.65. The molecule has 1 N–H and O–H groups in total. The van der Waals surface area contributed by atoms with Gasteiger partial charge in [0.1, 0.15) is 0 Å². The molecule has 2 fully saturated rings. The number of carbonyl (C=O) groups is 1. The predicted octanol–water partition coefficient (Wildman–Crippen LogP) is 1.98. The molecule has 7 heteroatoms. The minimum atomic E-state index is -3.62. The Balaban J connectivity index is 2.18. The van der Waals surface area contributed by atoms with Gasteiger partial charge in [0.05, 0.1) is 23.2 Å². The topological polar surface area (TPSA) is 98.5 Å². The molecule has 1 heterocycles. The molecule has 2 aliphatic rings. The van der Waals surface area contributed by atoms with Gasteiger partial charge in [0.2, 0.25) is 10.0 Å². The molecule has 1 aliphatic heterocycles. The lowest BCUT2D eigenvalue weighted by atomic mass is 9.77. The first-order valence-corrected chi connectivity index (χ1v) is 9.56.